The van der Waals surface area contributed by atoms with Crippen molar-refractivity contribution in [1.82, 2.24) is 5.32 Å². The third-order valence-electron chi connectivity index (χ3n) is 4.18. The third-order valence-corrected chi connectivity index (χ3v) is 5.05. The molecule has 0 bridgehead atoms. The third kappa shape index (κ3) is 4.37. The standard InChI is InChI=1S/C17H26BrClN2/c1-11(2)7-14-10-21(17(9-20-14)12(3)4)16-6-5-13(19)8-15(16)18/h5-6,8,11-12,14,17,20H,7,9-10H2,1-4H3. The summed E-state index contributed by atoms with van der Waals surface area (Å²) in [6.07, 6.45) is 1.21. The molecule has 118 valence electrons. The number of hydrogen-bond acceptors (Lipinski definition) is 2. The summed E-state index contributed by atoms with van der Waals surface area (Å²) in [6.45, 7) is 11.3. The first-order valence-electron chi connectivity index (χ1n) is 7.83. The van der Waals surface area contributed by atoms with Crippen LogP contribution >= 0.6 is 27.5 Å². The number of halogens is 2. The van der Waals surface area contributed by atoms with Gasteiger partial charge in [-0.25, -0.2) is 0 Å². The van der Waals surface area contributed by atoms with Gasteiger partial charge in [-0.2, -0.15) is 0 Å². The van der Waals surface area contributed by atoms with Gasteiger partial charge in [0, 0.05) is 34.7 Å². The summed E-state index contributed by atoms with van der Waals surface area (Å²) in [5.74, 6) is 1.33. The molecule has 0 radical (unpaired) electrons. The van der Waals surface area contributed by atoms with E-state index in [9.17, 15) is 0 Å². The Balaban J connectivity index is 2.25. The molecule has 2 rings (SSSR count). The molecule has 2 atom stereocenters. The van der Waals surface area contributed by atoms with Gasteiger partial charge >= 0.3 is 0 Å². The average molecular weight is 374 g/mol. The fourth-order valence-corrected chi connectivity index (χ4v) is 4.06. The van der Waals surface area contributed by atoms with Crippen LogP contribution in [0.5, 0.6) is 0 Å². The van der Waals surface area contributed by atoms with Crippen molar-refractivity contribution in [3.05, 3.63) is 27.7 Å². The van der Waals surface area contributed by atoms with Gasteiger partial charge in [-0.1, -0.05) is 39.3 Å². The molecule has 1 aromatic rings. The molecule has 1 aliphatic heterocycles. The lowest BCUT2D eigenvalue weighted by molar-refractivity contribution is 0.310. The SMILES string of the molecule is CC(C)CC1CN(c2ccc(Cl)cc2Br)C(C(C)C)CN1. The van der Waals surface area contributed by atoms with Crippen LogP contribution < -0.4 is 10.2 Å². The topological polar surface area (TPSA) is 15.3 Å². The number of hydrogen-bond donors (Lipinski definition) is 1. The second-order valence-corrected chi connectivity index (χ2v) is 8.08. The second kappa shape index (κ2) is 7.34. The summed E-state index contributed by atoms with van der Waals surface area (Å²) in [5, 5.41) is 4.51. The van der Waals surface area contributed by atoms with Crippen LogP contribution in [0.25, 0.3) is 0 Å². The fourth-order valence-electron chi connectivity index (χ4n) is 3.15. The molecule has 0 aromatic heterocycles. The number of anilines is 1. The first kappa shape index (κ1) is 17.1. The summed E-state index contributed by atoms with van der Waals surface area (Å²) < 4.78 is 1.09. The van der Waals surface area contributed by atoms with Gasteiger partial charge in [-0.15, -0.1) is 0 Å². The smallest absolute Gasteiger partial charge is 0.0515 e. The van der Waals surface area contributed by atoms with Crippen molar-refractivity contribution in [2.24, 2.45) is 11.8 Å². The Morgan fingerprint density at radius 3 is 2.62 bits per heavy atom. The number of rotatable bonds is 4. The lowest BCUT2D eigenvalue weighted by atomic mass is 9.94. The summed E-state index contributed by atoms with van der Waals surface area (Å²) in [7, 11) is 0. The highest BCUT2D eigenvalue weighted by Crippen LogP contribution is 2.33. The molecule has 1 heterocycles. The summed E-state index contributed by atoms with van der Waals surface area (Å²) >= 11 is 9.77. The molecule has 0 aliphatic carbocycles. The maximum Gasteiger partial charge on any atom is 0.0515 e. The van der Waals surface area contributed by atoms with E-state index in [1.165, 1.54) is 12.1 Å². The largest absolute Gasteiger partial charge is 0.365 e. The van der Waals surface area contributed by atoms with E-state index in [1.54, 1.807) is 0 Å². The van der Waals surface area contributed by atoms with Crippen molar-refractivity contribution in [3.8, 4) is 0 Å². The van der Waals surface area contributed by atoms with Crippen LogP contribution in [0.4, 0.5) is 5.69 Å². The van der Waals surface area contributed by atoms with Crippen LogP contribution in [0.1, 0.15) is 34.1 Å². The van der Waals surface area contributed by atoms with E-state index in [4.69, 9.17) is 11.6 Å². The Labute approximate surface area is 142 Å². The van der Waals surface area contributed by atoms with Crippen LogP contribution in [0.2, 0.25) is 5.02 Å². The van der Waals surface area contributed by atoms with Crippen LogP contribution in [-0.4, -0.2) is 25.2 Å². The molecule has 1 aliphatic rings. The molecule has 0 saturated carbocycles. The van der Waals surface area contributed by atoms with Crippen molar-refractivity contribution >= 4 is 33.2 Å². The molecule has 0 amide bonds. The van der Waals surface area contributed by atoms with Crippen LogP contribution in [0, 0.1) is 11.8 Å². The van der Waals surface area contributed by atoms with E-state index in [2.05, 4.69) is 59.9 Å². The highest BCUT2D eigenvalue weighted by Gasteiger charge is 2.31. The van der Waals surface area contributed by atoms with Gasteiger partial charge in [0.05, 0.1) is 5.69 Å². The Morgan fingerprint density at radius 1 is 1.33 bits per heavy atom. The average Bonchev–Trinajstić information content (AvgIpc) is 2.37. The van der Waals surface area contributed by atoms with Crippen LogP contribution in [0.3, 0.4) is 0 Å². The zero-order chi connectivity index (χ0) is 15.6. The van der Waals surface area contributed by atoms with Gasteiger partial charge in [0.25, 0.3) is 0 Å². The molecular weight excluding hydrogens is 348 g/mol. The van der Waals surface area contributed by atoms with Gasteiger partial charge in [0.15, 0.2) is 0 Å². The molecule has 1 aromatic carbocycles. The van der Waals surface area contributed by atoms with E-state index in [-0.39, 0.29) is 0 Å². The van der Waals surface area contributed by atoms with Crippen LogP contribution in [-0.2, 0) is 0 Å². The van der Waals surface area contributed by atoms with E-state index in [0.29, 0.717) is 23.9 Å². The molecule has 4 heteroatoms. The fraction of sp³-hybridized carbons (Fsp3) is 0.647. The van der Waals surface area contributed by atoms with Crippen molar-refractivity contribution in [3.63, 3.8) is 0 Å². The Bertz CT molecular complexity index is 476. The molecule has 2 unspecified atom stereocenters. The predicted molar refractivity (Wildman–Crippen MR) is 96.4 cm³/mol. The van der Waals surface area contributed by atoms with Crippen molar-refractivity contribution in [2.75, 3.05) is 18.0 Å². The molecule has 1 saturated heterocycles. The Hall–Kier alpha value is -0.250. The monoisotopic (exact) mass is 372 g/mol. The second-order valence-electron chi connectivity index (χ2n) is 6.79. The summed E-state index contributed by atoms with van der Waals surface area (Å²) in [6, 6.07) is 7.19. The number of nitrogens with zero attached hydrogens (tertiary/aromatic N) is 1. The Morgan fingerprint density at radius 2 is 2.05 bits per heavy atom. The lowest BCUT2D eigenvalue weighted by Gasteiger charge is -2.44. The molecule has 2 nitrogen and oxygen atoms in total. The highest BCUT2D eigenvalue weighted by molar-refractivity contribution is 9.10. The van der Waals surface area contributed by atoms with Gasteiger partial charge in [-0.05, 0) is 52.4 Å². The first-order valence-corrected chi connectivity index (χ1v) is 9.00. The molecule has 1 fully saturated rings. The molecule has 0 spiro atoms. The zero-order valence-corrected chi connectivity index (χ0v) is 15.7. The van der Waals surface area contributed by atoms with E-state index >= 15 is 0 Å². The maximum atomic E-state index is 6.09. The van der Waals surface area contributed by atoms with Crippen molar-refractivity contribution in [1.29, 1.82) is 0 Å². The zero-order valence-electron chi connectivity index (χ0n) is 13.4. The van der Waals surface area contributed by atoms with E-state index in [1.807, 2.05) is 12.1 Å². The van der Waals surface area contributed by atoms with Gasteiger partial charge < -0.3 is 10.2 Å². The van der Waals surface area contributed by atoms with Gasteiger partial charge in [0.1, 0.15) is 0 Å². The highest BCUT2D eigenvalue weighted by atomic mass is 79.9. The number of nitrogens with one attached hydrogen (secondary N) is 1. The first-order chi connectivity index (χ1) is 9.88. The number of piperazine rings is 1. The molecular formula is C17H26BrClN2. The maximum absolute atomic E-state index is 6.09. The van der Waals surface area contributed by atoms with Gasteiger partial charge in [0.2, 0.25) is 0 Å². The molecule has 21 heavy (non-hydrogen) atoms. The minimum Gasteiger partial charge on any atom is -0.365 e. The quantitative estimate of drug-likeness (QED) is 0.803. The number of benzene rings is 1. The van der Waals surface area contributed by atoms with E-state index < -0.39 is 0 Å². The Kier molecular flexibility index (Phi) is 5.98. The minimum absolute atomic E-state index is 0.519. The van der Waals surface area contributed by atoms with Crippen molar-refractivity contribution < 1.29 is 0 Å². The summed E-state index contributed by atoms with van der Waals surface area (Å²) in [4.78, 5) is 2.55. The van der Waals surface area contributed by atoms with Crippen molar-refractivity contribution in [2.45, 2.75) is 46.2 Å². The molecule has 1 N–H and O–H groups in total. The predicted octanol–water partition coefficient (Wildman–Crippen LogP) is 4.95. The van der Waals surface area contributed by atoms with Crippen LogP contribution in [0.15, 0.2) is 22.7 Å². The summed E-state index contributed by atoms with van der Waals surface area (Å²) in [5.41, 5.74) is 1.26. The lowest BCUT2D eigenvalue weighted by Crippen LogP contribution is -2.58. The van der Waals surface area contributed by atoms with E-state index in [0.717, 1.165) is 22.6 Å². The normalized spacial score (nSPS) is 23.1. The minimum atomic E-state index is 0.519. The van der Waals surface area contributed by atoms with Gasteiger partial charge in [-0.3, -0.25) is 0 Å².